The van der Waals surface area contributed by atoms with Crippen LogP contribution >= 0.6 is 0 Å². The maximum absolute atomic E-state index is 12.6. The van der Waals surface area contributed by atoms with Gasteiger partial charge in [0.2, 0.25) is 5.91 Å². The topological polar surface area (TPSA) is 97.1 Å². The van der Waals surface area contributed by atoms with Gasteiger partial charge >= 0.3 is 6.18 Å². The lowest BCUT2D eigenvalue weighted by Crippen LogP contribution is -2.27. The van der Waals surface area contributed by atoms with Crippen LogP contribution in [-0.4, -0.2) is 16.8 Å². The van der Waals surface area contributed by atoms with E-state index in [1.54, 1.807) is 48.8 Å². The number of halogens is 3. The lowest BCUT2D eigenvalue weighted by molar-refractivity contribution is -0.137. The van der Waals surface area contributed by atoms with Gasteiger partial charge in [-0.3, -0.25) is 14.6 Å². The molecule has 0 saturated heterocycles. The third kappa shape index (κ3) is 6.39. The van der Waals surface area contributed by atoms with E-state index in [-0.39, 0.29) is 24.8 Å². The number of anilines is 1. The van der Waals surface area contributed by atoms with E-state index in [0.717, 1.165) is 12.1 Å². The van der Waals surface area contributed by atoms with Crippen LogP contribution in [0.4, 0.5) is 18.9 Å². The molecule has 3 rings (SSSR count). The quantitative estimate of drug-likeness (QED) is 0.514. The zero-order chi connectivity index (χ0) is 23.1. The van der Waals surface area contributed by atoms with E-state index >= 15 is 0 Å². The van der Waals surface area contributed by atoms with Crippen LogP contribution in [0.5, 0.6) is 0 Å². The Hall–Kier alpha value is -3.72. The minimum atomic E-state index is -4.40. The molecule has 9 heteroatoms. The van der Waals surface area contributed by atoms with Gasteiger partial charge in [-0.25, -0.2) is 0 Å². The van der Waals surface area contributed by atoms with Crippen molar-refractivity contribution >= 4 is 17.5 Å². The molecule has 32 heavy (non-hydrogen) atoms. The first kappa shape index (κ1) is 23.0. The van der Waals surface area contributed by atoms with Crippen LogP contribution in [0, 0.1) is 0 Å². The lowest BCUT2D eigenvalue weighted by atomic mass is 10.0. The Balaban J connectivity index is 1.50. The molecule has 0 radical (unpaired) electrons. The highest BCUT2D eigenvalue weighted by atomic mass is 19.4. The second-order valence-electron chi connectivity index (χ2n) is 7.09. The largest absolute Gasteiger partial charge is 0.416 e. The number of nitrogens with two attached hydrogens (primary N) is 1. The standard InChI is InChI=1S/C23H21F3N4O2/c24-23(25,26)18-7-1-15(2-8-18)14-29-21(31)13-20(27)16-3-5-17(6-4-16)22(32)30-19-9-11-28-12-10-19/h1-12,20H,13-14,27H2,(H,29,31)(H,28,30,32). The summed E-state index contributed by atoms with van der Waals surface area (Å²) in [4.78, 5) is 28.3. The van der Waals surface area contributed by atoms with Crippen LogP contribution in [0.15, 0.2) is 73.1 Å². The zero-order valence-corrected chi connectivity index (χ0v) is 16.9. The number of benzene rings is 2. The van der Waals surface area contributed by atoms with Crippen molar-refractivity contribution in [1.29, 1.82) is 0 Å². The Bertz CT molecular complexity index is 1050. The first-order valence-corrected chi connectivity index (χ1v) is 9.72. The zero-order valence-electron chi connectivity index (χ0n) is 16.9. The number of nitrogens with zero attached hydrogens (tertiary/aromatic N) is 1. The molecule has 1 aromatic heterocycles. The molecular formula is C23H21F3N4O2. The molecule has 2 amide bonds. The van der Waals surface area contributed by atoms with Crippen LogP contribution in [0.2, 0.25) is 0 Å². The normalized spacial score (nSPS) is 12.1. The maximum atomic E-state index is 12.6. The minimum Gasteiger partial charge on any atom is -0.352 e. The molecule has 6 nitrogen and oxygen atoms in total. The summed E-state index contributed by atoms with van der Waals surface area (Å²) >= 11 is 0. The summed E-state index contributed by atoms with van der Waals surface area (Å²) in [7, 11) is 0. The van der Waals surface area contributed by atoms with Crippen molar-refractivity contribution in [3.8, 4) is 0 Å². The van der Waals surface area contributed by atoms with Crippen LogP contribution in [-0.2, 0) is 17.5 Å². The molecule has 166 valence electrons. The van der Waals surface area contributed by atoms with Gasteiger partial charge in [0.1, 0.15) is 0 Å². The smallest absolute Gasteiger partial charge is 0.352 e. The van der Waals surface area contributed by atoms with Gasteiger partial charge < -0.3 is 16.4 Å². The predicted molar refractivity (Wildman–Crippen MR) is 113 cm³/mol. The van der Waals surface area contributed by atoms with Crippen molar-refractivity contribution in [3.63, 3.8) is 0 Å². The summed E-state index contributed by atoms with van der Waals surface area (Å²) in [5, 5.41) is 5.39. The molecule has 4 N–H and O–H groups in total. The van der Waals surface area contributed by atoms with Gasteiger partial charge in [-0.15, -0.1) is 0 Å². The molecule has 1 atom stereocenters. The van der Waals surface area contributed by atoms with Crippen LogP contribution in [0.1, 0.15) is 39.5 Å². The fourth-order valence-corrected chi connectivity index (χ4v) is 2.92. The fraction of sp³-hybridized carbons (Fsp3) is 0.174. The van der Waals surface area contributed by atoms with Crippen molar-refractivity contribution in [2.75, 3.05) is 5.32 Å². The number of nitrogens with one attached hydrogen (secondary N) is 2. The molecule has 0 saturated carbocycles. The molecule has 0 fully saturated rings. The third-order valence-corrected chi connectivity index (χ3v) is 4.72. The van der Waals surface area contributed by atoms with Crippen molar-refractivity contribution in [2.45, 2.75) is 25.2 Å². The monoisotopic (exact) mass is 442 g/mol. The number of pyridine rings is 1. The van der Waals surface area contributed by atoms with E-state index in [1.807, 2.05) is 0 Å². The highest BCUT2D eigenvalue weighted by Crippen LogP contribution is 2.29. The Morgan fingerprint density at radius 1 is 0.938 bits per heavy atom. The molecule has 2 aromatic carbocycles. The van der Waals surface area contributed by atoms with E-state index in [0.29, 0.717) is 22.4 Å². The number of amides is 2. The summed E-state index contributed by atoms with van der Waals surface area (Å²) < 4.78 is 37.8. The van der Waals surface area contributed by atoms with Crippen LogP contribution in [0.25, 0.3) is 0 Å². The average Bonchev–Trinajstić information content (AvgIpc) is 2.78. The second kappa shape index (κ2) is 10.1. The molecule has 0 aliphatic rings. The first-order valence-electron chi connectivity index (χ1n) is 9.72. The van der Waals surface area contributed by atoms with E-state index in [1.165, 1.54) is 12.1 Å². The number of aromatic nitrogens is 1. The summed E-state index contributed by atoms with van der Waals surface area (Å²) in [6.07, 6.45) is -1.27. The Morgan fingerprint density at radius 3 is 2.16 bits per heavy atom. The molecule has 0 bridgehead atoms. The predicted octanol–water partition coefficient (Wildman–Crippen LogP) is 4.06. The van der Waals surface area contributed by atoms with E-state index in [4.69, 9.17) is 5.73 Å². The average molecular weight is 442 g/mol. The van der Waals surface area contributed by atoms with Gasteiger partial charge in [0.25, 0.3) is 5.91 Å². The molecule has 1 unspecified atom stereocenters. The molecule has 0 aliphatic carbocycles. The Labute approximate surface area is 182 Å². The fourth-order valence-electron chi connectivity index (χ4n) is 2.92. The number of carbonyl (C=O) groups is 2. The lowest BCUT2D eigenvalue weighted by Gasteiger charge is -2.13. The van der Waals surface area contributed by atoms with Crippen LogP contribution in [0.3, 0.4) is 0 Å². The van der Waals surface area contributed by atoms with Crippen molar-refractivity contribution in [3.05, 3.63) is 95.3 Å². The second-order valence-corrected chi connectivity index (χ2v) is 7.09. The number of hydrogen-bond acceptors (Lipinski definition) is 4. The van der Waals surface area contributed by atoms with Crippen molar-refractivity contribution in [2.24, 2.45) is 5.73 Å². The minimum absolute atomic E-state index is 0.0107. The van der Waals surface area contributed by atoms with Gasteiger partial charge in [0.15, 0.2) is 0 Å². The Kier molecular flexibility index (Phi) is 7.21. The van der Waals surface area contributed by atoms with Gasteiger partial charge in [-0.1, -0.05) is 24.3 Å². The van der Waals surface area contributed by atoms with E-state index < -0.39 is 17.8 Å². The van der Waals surface area contributed by atoms with Gasteiger partial charge in [-0.05, 0) is 47.5 Å². The SMILES string of the molecule is NC(CC(=O)NCc1ccc(C(F)(F)F)cc1)c1ccc(C(=O)Nc2ccncc2)cc1. The number of hydrogen-bond donors (Lipinski definition) is 3. The van der Waals surface area contributed by atoms with Crippen LogP contribution < -0.4 is 16.4 Å². The van der Waals surface area contributed by atoms with Crippen molar-refractivity contribution < 1.29 is 22.8 Å². The highest BCUT2D eigenvalue weighted by Gasteiger charge is 2.29. The summed E-state index contributed by atoms with van der Waals surface area (Å²) in [6.45, 7) is 0.0950. The highest BCUT2D eigenvalue weighted by molar-refractivity contribution is 6.04. The molecule has 0 spiro atoms. The van der Waals surface area contributed by atoms with E-state index in [2.05, 4.69) is 15.6 Å². The van der Waals surface area contributed by atoms with Gasteiger partial charge in [0.05, 0.1) is 5.56 Å². The first-order chi connectivity index (χ1) is 15.2. The van der Waals surface area contributed by atoms with E-state index in [9.17, 15) is 22.8 Å². The van der Waals surface area contributed by atoms with Crippen molar-refractivity contribution in [1.82, 2.24) is 10.3 Å². The summed E-state index contributed by atoms with van der Waals surface area (Å²) in [6, 6.07) is 13.9. The number of carbonyl (C=O) groups excluding carboxylic acids is 2. The van der Waals surface area contributed by atoms with Gasteiger partial charge in [0, 0.05) is 42.7 Å². The molecule has 1 heterocycles. The molecule has 3 aromatic rings. The maximum Gasteiger partial charge on any atom is 0.416 e. The third-order valence-electron chi connectivity index (χ3n) is 4.72. The summed E-state index contributed by atoms with van der Waals surface area (Å²) in [5.74, 6) is -0.623. The van der Waals surface area contributed by atoms with Gasteiger partial charge in [-0.2, -0.15) is 13.2 Å². The number of rotatable bonds is 7. The Morgan fingerprint density at radius 2 is 1.56 bits per heavy atom. The molecular weight excluding hydrogens is 421 g/mol. The number of alkyl halides is 3. The summed E-state index contributed by atoms with van der Waals surface area (Å²) in [5.41, 5.74) is 7.62. The molecule has 0 aliphatic heterocycles.